The number of rotatable bonds is 6. The summed E-state index contributed by atoms with van der Waals surface area (Å²) in [7, 11) is 0. The molecule has 24 heavy (non-hydrogen) atoms. The van der Waals surface area contributed by atoms with Crippen LogP contribution in [0.3, 0.4) is 0 Å². The molecule has 0 radical (unpaired) electrons. The van der Waals surface area contributed by atoms with E-state index in [2.05, 4.69) is 9.72 Å². The van der Waals surface area contributed by atoms with Crippen molar-refractivity contribution < 1.29 is 23.9 Å². The van der Waals surface area contributed by atoms with E-state index >= 15 is 0 Å². The molecule has 0 aliphatic carbocycles. The Morgan fingerprint density at radius 3 is 2.88 bits per heavy atom. The molecule has 2 aromatic rings. The van der Waals surface area contributed by atoms with Crippen molar-refractivity contribution in [3.8, 4) is 0 Å². The van der Waals surface area contributed by atoms with Crippen LogP contribution in [0.5, 0.6) is 0 Å². The molecule has 0 aromatic carbocycles. The van der Waals surface area contributed by atoms with Crippen molar-refractivity contribution in [2.75, 3.05) is 13.2 Å². The molecular formula is C14H15N3O6S. The number of esters is 1. The maximum absolute atomic E-state index is 12.1. The van der Waals surface area contributed by atoms with Crippen LogP contribution in [0, 0.1) is 0 Å². The normalized spacial score (nSPS) is 10.4. The summed E-state index contributed by atoms with van der Waals surface area (Å²) < 4.78 is 10.5. The Kier molecular flexibility index (Phi) is 6.01. The molecule has 0 spiro atoms. The highest BCUT2D eigenvalue weighted by Crippen LogP contribution is 2.13. The van der Waals surface area contributed by atoms with Gasteiger partial charge >= 0.3 is 12.1 Å². The molecule has 1 N–H and O–H groups in total. The minimum absolute atomic E-state index is 0.0793. The number of imide groups is 1. The van der Waals surface area contributed by atoms with Crippen molar-refractivity contribution >= 4 is 39.5 Å². The minimum Gasteiger partial charge on any atom is -0.456 e. The Labute approximate surface area is 140 Å². The monoisotopic (exact) mass is 353 g/mol. The van der Waals surface area contributed by atoms with Crippen molar-refractivity contribution in [3.05, 3.63) is 28.1 Å². The van der Waals surface area contributed by atoms with Crippen LogP contribution in [-0.2, 0) is 25.6 Å². The van der Waals surface area contributed by atoms with Crippen molar-refractivity contribution in [3.63, 3.8) is 0 Å². The van der Waals surface area contributed by atoms with Gasteiger partial charge in [-0.15, -0.1) is 11.3 Å². The summed E-state index contributed by atoms with van der Waals surface area (Å²) in [5.41, 5.74) is -0.242. The Hall–Kier alpha value is -2.75. The highest BCUT2D eigenvalue weighted by Gasteiger charge is 2.12. The van der Waals surface area contributed by atoms with Gasteiger partial charge in [0, 0.05) is 6.54 Å². The first-order chi connectivity index (χ1) is 11.5. The Bertz CT molecular complexity index is 812. The first kappa shape index (κ1) is 17.6. The number of fused-ring (bicyclic) bond motifs is 1. The highest BCUT2D eigenvalue weighted by molar-refractivity contribution is 7.16. The Balaban J connectivity index is 1.80. The second-order valence-electron chi connectivity index (χ2n) is 4.56. The largest absolute Gasteiger partial charge is 0.456 e. The fourth-order valence-electron chi connectivity index (χ4n) is 1.80. The van der Waals surface area contributed by atoms with Crippen LogP contribution >= 0.6 is 11.3 Å². The van der Waals surface area contributed by atoms with E-state index in [9.17, 15) is 19.2 Å². The molecule has 128 valence electrons. The van der Waals surface area contributed by atoms with Crippen LogP contribution in [0.1, 0.15) is 13.3 Å². The van der Waals surface area contributed by atoms with Crippen LogP contribution in [-0.4, -0.2) is 40.7 Å². The summed E-state index contributed by atoms with van der Waals surface area (Å²) in [6, 6.07) is 1.67. The maximum atomic E-state index is 12.1. The fraction of sp³-hybridized carbons (Fsp3) is 0.357. The van der Waals surface area contributed by atoms with Crippen molar-refractivity contribution in [2.24, 2.45) is 0 Å². The lowest BCUT2D eigenvalue weighted by molar-refractivity contribution is -0.148. The number of aromatic nitrogens is 2. The van der Waals surface area contributed by atoms with Gasteiger partial charge < -0.3 is 9.47 Å². The lowest BCUT2D eigenvalue weighted by Gasteiger charge is -2.07. The summed E-state index contributed by atoms with van der Waals surface area (Å²) in [5, 5.41) is 4.15. The van der Waals surface area contributed by atoms with Crippen molar-refractivity contribution in [1.29, 1.82) is 0 Å². The molecule has 0 aliphatic heterocycles. The molecule has 0 bridgehead atoms. The first-order valence-electron chi connectivity index (χ1n) is 7.06. The number of amides is 2. The third kappa shape index (κ3) is 4.62. The summed E-state index contributed by atoms with van der Waals surface area (Å²) >= 11 is 1.36. The lowest BCUT2D eigenvalue weighted by Crippen LogP contribution is -2.34. The lowest BCUT2D eigenvalue weighted by atomic mass is 10.4. The molecule has 0 fully saturated rings. The second-order valence-corrected chi connectivity index (χ2v) is 5.46. The maximum Gasteiger partial charge on any atom is 0.413 e. The Morgan fingerprint density at radius 1 is 1.33 bits per heavy atom. The number of ether oxygens (including phenoxy) is 2. The zero-order valence-electron chi connectivity index (χ0n) is 12.8. The summed E-state index contributed by atoms with van der Waals surface area (Å²) in [6.45, 7) is 1.19. The van der Waals surface area contributed by atoms with Gasteiger partial charge in [-0.25, -0.2) is 9.78 Å². The van der Waals surface area contributed by atoms with Gasteiger partial charge in [0.25, 0.3) is 11.5 Å². The van der Waals surface area contributed by atoms with Gasteiger partial charge in [0.15, 0.2) is 6.61 Å². The number of thiophene rings is 1. The third-order valence-corrected chi connectivity index (χ3v) is 3.71. The molecular weight excluding hydrogens is 338 g/mol. The van der Waals surface area contributed by atoms with Crippen LogP contribution in [0.25, 0.3) is 10.2 Å². The molecule has 0 unspecified atom stereocenters. The van der Waals surface area contributed by atoms with Crippen molar-refractivity contribution in [1.82, 2.24) is 14.9 Å². The summed E-state index contributed by atoms with van der Waals surface area (Å²) in [5.74, 6) is -1.47. The van der Waals surface area contributed by atoms with E-state index in [1.165, 1.54) is 22.2 Å². The predicted molar refractivity (Wildman–Crippen MR) is 84.6 cm³/mol. The molecule has 2 rings (SSSR count). The fourth-order valence-corrected chi connectivity index (χ4v) is 2.52. The first-order valence-corrected chi connectivity index (χ1v) is 7.94. The molecule has 0 aliphatic rings. The predicted octanol–water partition coefficient (Wildman–Crippen LogP) is 0.664. The number of carbonyl (C=O) groups excluding carboxylic acids is 3. The van der Waals surface area contributed by atoms with Crippen LogP contribution in [0.15, 0.2) is 22.6 Å². The number of alkyl carbamates (subject to hydrolysis) is 1. The van der Waals surface area contributed by atoms with Gasteiger partial charge in [0.05, 0.1) is 24.7 Å². The Morgan fingerprint density at radius 2 is 2.12 bits per heavy atom. The SMILES string of the molecule is CCOC(=O)NC(=O)COC(=O)CCn1cnc2sccc2c1=O. The van der Waals surface area contributed by atoms with Gasteiger partial charge in [-0.3, -0.25) is 24.3 Å². The van der Waals surface area contributed by atoms with E-state index < -0.39 is 24.6 Å². The van der Waals surface area contributed by atoms with Gasteiger partial charge in [-0.05, 0) is 18.4 Å². The number of nitrogens with zero attached hydrogens (tertiary/aromatic N) is 2. The minimum atomic E-state index is -0.903. The number of hydrogen-bond acceptors (Lipinski definition) is 8. The highest BCUT2D eigenvalue weighted by atomic mass is 32.1. The average Bonchev–Trinajstić information content (AvgIpc) is 3.02. The molecule has 2 amide bonds. The van der Waals surface area contributed by atoms with Crippen molar-refractivity contribution in [2.45, 2.75) is 19.9 Å². The summed E-state index contributed by atoms with van der Waals surface area (Å²) in [4.78, 5) is 50.8. The van der Waals surface area contributed by atoms with Gasteiger partial charge in [-0.1, -0.05) is 0 Å². The van der Waals surface area contributed by atoms with E-state index in [1.807, 2.05) is 5.32 Å². The second kappa shape index (κ2) is 8.20. The zero-order chi connectivity index (χ0) is 17.5. The standard InChI is InChI=1S/C14H15N3O6S/c1-2-22-14(21)16-10(18)7-23-11(19)3-5-17-8-15-12-9(13(17)20)4-6-24-12/h4,6,8H,2-3,5,7H2,1H3,(H,16,18,21). The molecule has 0 saturated heterocycles. The third-order valence-electron chi connectivity index (χ3n) is 2.89. The van der Waals surface area contributed by atoms with Gasteiger partial charge in [0.2, 0.25) is 0 Å². The molecule has 0 atom stereocenters. The number of aryl methyl sites for hydroxylation is 1. The zero-order valence-corrected chi connectivity index (χ0v) is 13.6. The quantitative estimate of drug-likeness (QED) is 0.758. The smallest absolute Gasteiger partial charge is 0.413 e. The van der Waals surface area contributed by atoms with E-state index in [0.29, 0.717) is 10.2 Å². The van der Waals surface area contributed by atoms with Gasteiger partial charge in [-0.2, -0.15) is 0 Å². The van der Waals surface area contributed by atoms with E-state index in [-0.39, 0.29) is 25.1 Å². The number of hydrogen-bond donors (Lipinski definition) is 1. The topological polar surface area (TPSA) is 117 Å². The van der Waals surface area contributed by atoms with Crippen LogP contribution in [0.4, 0.5) is 4.79 Å². The van der Waals surface area contributed by atoms with Crippen LogP contribution in [0.2, 0.25) is 0 Å². The molecule has 2 aromatic heterocycles. The van der Waals surface area contributed by atoms with E-state index in [1.54, 1.807) is 18.4 Å². The van der Waals surface area contributed by atoms with Crippen LogP contribution < -0.4 is 10.9 Å². The molecule has 10 heteroatoms. The van der Waals surface area contributed by atoms with Gasteiger partial charge in [0.1, 0.15) is 4.83 Å². The molecule has 9 nitrogen and oxygen atoms in total. The summed E-state index contributed by atoms with van der Waals surface area (Å²) in [6.07, 6.45) is 0.353. The molecule has 2 heterocycles. The van der Waals surface area contributed by atoms with E-state index in [0.717, 1.165) is 0 Å². The van der Waals surface area contributed by atoms with E-state index in [4.69, 9.17) is 4.74 Å². The number of carbonyl (C=O) groups is 3. The number of nitrogens with one attached hydrogen (secondary N) is 1. The molecule has 0 saturated carbocycles. The average molecular weight is 353 g/mol.